The molecule has 0 aliphatic heterocycles. The van der Waals surface area contributed by atoms with Gasteiger partial charge >= 0.3 is 5.97 Å². The van der Waals surface area contributed by atoms with Gasteiger partial charge in [0.25, 0.3) is 11.1 Å². The first-order valence-corrected chi connectivity index (χ1v) is 17.5. The number of carbonyl (C=O) groups is 3. The lowest BCUT2D eigenvalue weighted by atomic mass is 10.0. The number of nitrogens with two attached hydrogens (primary N) is 1. The van der Waals surface area contributed by atoms with Gasteiger partial charge in [-0.2, -0.15) is 0 Å². The van der Waals surface area contributed by atoms with E-state index in [1.807, 2.05) is 0 Å². The van der Waals surface area contributed by atoms with Crippen molar-refractivity contribution in [1.29, 1.82) is 0 Å². The number of unbranched alkanes of at least 4 members (excludes halogenated alkanes) is 5. The highest BCUT2D eigenvalue weighted by Gasteiger charge is 2.32. The number of carbonyl (C=O) groups excluding carboxylic acids is 3. The fourth-order valence-electron chi connectivity index (χ4n) is 4.81. The molecule has 1 atom stereocenters. The number of tetrazole rings is 1. The Morgan fingerprint density at radius 2 is 1.70 bits per heavy atom. The monoisotopic (exact) mass is 683 g/mol. The minimum atomic E-state index is -3.60. The minimum Gasteiger partial charge on any atom is -0.506 e. The number of nitrogens with one attached hydrogen (secondary N) is 1. The molecule has 4 aromatic rings. The molecule has 0 saturated heterocycles. The number of aryl methyl sites for hydroxylation is 1. The van der Waals surface area contributed by atoms with Crippen LogP contribution in [0.3, 0.4) is 0 Å². The molecule has 0 bridgehead atoms. The molecule has 14 nitrogen and oxygen atoms in total. The third-order valence-corrected chi connectivity index (χ3v) is 9.60. The van der Waals surface area contributed by atoms with Crippen molar-refractivity contribution in [3.05, 3.63) is 60.2 Å². The molecule has 0 fully saturated rings. The highest BCUT2D eigenvalue weighted by Crippen LogP contribution is 2.36. The number of amides is 2. The molecule has 0 spiro atoms. The first-order valence-electron chi connectivity index (χ1n) is 15.0. The zero-order valence-corrected chi connectivity index (χ0v) is 27.9. The number of fused-ring (bicyclic) bond motifs is 1. The van der Waals surface area contributed by atoms with Crippen molar-refractivity contribution in [3.8, 4) is 11.5 Å². The van der Waals surface area contributed by atoms with E-state index in [-0.39, 0.29) is 39.0 Å². The molecule has 1 unspecified atom stereocenters. The minimum absolute atomic E-state index is 0.0137. The number of ether oxygens (including phenoxy) is 1. The van der Waals surface area contributed by atoms with Gasteiger partial charge in [-0.25, -0.2) is 17.9 Å². The Morgan fingerprint density at radius 3 is 2.34 bits per heavy atom. The number of benzene rings is 3. The van der Waals surface area contributed by atoms with Crippen LogP contribution in [0.5, 0.6) is 11.5 Å². The number of rotatable bonds is 15. The standard InChI is InChI=1S/C31H37N7O7S2/c1-4-5-6-7-8-11-18-47(43,44)34-21-14-16-22(17-15-21)38(31(42)46-30-33-35-36-37(30)3)20(2)29(41)45-26-19-25(28(32)40)27(39)24-13-10-9-12-23(24)26/h9-10,12-17,19-20,34,39H,4-8,11,18H2,1-3H3,(H2,32,40). The lowest BCUT2D eigenvalue weighted by Crippen LogP contribution is -2.43. The predicted octanol–water partition coefficient (Wildman–Crippen LogP) is 4.98. The molecule has 1 heterocycles. The van der Waals surface area contributed by atoms with E-state index in [4.69, 9.17) is 10.5 Å². The smallest absolute Gasteiger partial charge is 0.334 e. The number of thioether (sulfide) groups is 1. The van der Waals surface area contributed by atoms with Crippen molar-refractivity contribution in [2.45, 2.75) is 63.6 Å². The van der Waals surface area contributed by atoms with Crippen LogP contribution in [-0.4, -0.2) is 62.6 Å². The number of phenols is 1. The van der Waals surface area contributed by atoms with Gasteiger partial charge in [-0.3, -0.25) is 19.2 Å². The van der Waals surface area contributed by atoms with Crippen LogP contribution in [0.4, 0.5) is 16.2 Å². The van der Waals surface area contributed by atoms with E-state index in [0.717, 1.165) is 37.0 Å². The van der Waals surface area contributed by atoms with Crippen molar-refractivity contribution in [2.24, 2.45) is 12.8 Å². The second kappa shape index (κ2) is 15.7. The maximum absolute atomic E-state index is 13.7. The Bertz CT molecular complexity index is 1850. The highest BCUT2D eigenvalue weighted by atomic mass is 32.2. The highest BCUT2D eigenvalue weighted by molar-refractivity contribution is 8.13. The van der Waals surface area contributed by atoms with Crippen molar-refractivity contribution < 1.29 is 32.6 Å². The fourth-order valence-corrected chi connectivity index (χ4v) is 6.76. The molecule has 3 aromatic carbocycles. The summed E-state index contributed by atoms with van der Waals surface area (Å²) in [5.74, 6) is -2.21. The SMILES string of the molecule is CCCCCCCCS(=O)(=O)Nc1ccc(N(C(=O)Sc2nnnn2C)C(C)C(=O)Oc2cc(C(N)=O)c(O)c3ccccc23)cc1. The number of esters is 1. The Balaban J connectivity index is 1.58. The molecule has 0 radical (unpaired) electrons. The molecule has 0 aliphatic rings. The number of aromatic nitrogens is 4. The quantitative estimate of drug-likeness (QED) is 0.0660. The number of primary amides is 1. The summed E-state index contributed by atoms with van der Waals surface area (Å²) < 4.78 is 34.9. The van der Waals surface area contributed by atoms with E-state index in [0.29, 0.717) is 29.3 Å². The van der Waals surface area contributed by atoms with Crippen LogP contribution in [0.25, 0.3) is 10.8 Å². The van der Waals surface area contributed by atoms with Crippen LogP contribution < -0.4 is 20.1 Å². The van der Waals surface area contributed by atoms with Gasteiger partial charge in [-0.15, -0.1) is 5.10 Å². The van der Waals surface area contributed by atoms with E-state index in [9.17, 15) is 27.9 Å². The summed E-state index contributed by atoms with van der Waals surface area (Å²) in [5.41, 5.74) is 5.75. The number of sulfonamides is 1. The van der Waals surface area contributed by atoms with E-state index in [1.54, 1.807) is 31.3 Å². The third-order valence-electron chi connectivity index (χ3n) is 7.32. The van der Waals surface area contributed by atoms with Crippen LogP contribution in [0.15, 0.2) is 59.8 Å². The average molecular weight is 684 g/mol. The topological polar surface area (TPSA) is 200 Å². The maximum Gasteiger partial charge on any atom is 0.334 e. The van der Waals surface area contributed by atoms with E-state index >= 15 is 0 Å². The molecule has 0 aliphatic carbocycles. The summed E-state index contributed by atoms with van der Waals surface area (Å²) in [4.78, 5) is 40.4. The zero-order chi connectivity index (χ0) is 34.1. The van der Waals surface area contributed by atoms with Gasteiger partial charge in [-0.1, -0.05) is 63.3 Å². The van der Waals surface area contributed by atoms with Gasteiger partial charge in [0.1, 0.15) is 17.5 Å². The molecule has 4 rings (SSSR count). The van der Waals surface area contributed by atoms with Crippen LogP contribution in [0.2, 0.25) is 0 Å². The molecular formula is C31H37N7O7S2. The molecule has 0 saturated carbocycles. The van der Waals surface area contributed by atoms with Crippen LogP contribution in [0.1, 0.15) is 62.7 Å². The number of aromatic hydroxyl groups is 1. The predicted molar refractivity (Wildman–Crippen MR) is 179 cm³/mol. The molecule has 250 valence electrons. The number of anilines is 2. The Morgan fingerprint density at radius 1 is 1.04 bits per heavy atom. The summed E-state index contributed by atoms with van der Waals surface area (Å²) in [6.45, 7) is 3.57. The average Bonchev–Trinajstić information content (AvgIpc) is 3.44. The summed E-state index contributed by atoms with van der Waals surface area (Å²) in [6.07, 6.45) is 5.68. The maximum atomic E-state index is 13.7. The first kappa shape index (κ1) is 35.2. The normalized spacial score (nSPS) is 12.1. The lowest BCUT2D eigenvalue weighted by Gasteiger charge is -2.27. The molecule has 1 aromatic heterocycles. The van der Waals surface area contributed by atoms with Crippen LogP contribution >= 0.6 is 11.8 Å². The van der Waals surface area contributed by atoms with Gasteiger partial charge in [0.2, 0.25) is 15.2 Å². The summed E-state index contributed by atoms with van der Waals surface area (Å²) in [5, 5.41) is 21.8. The molecule has 4 N–H and O–H groups in total. The molecule has 2 amide bonds. The van der Waals surface area contributed by atoms with Crippen molar-refractivity contribution in [3.63, 3.8) is 0 Å². The van der Waals surface area contributed by atoms with E-state index in [2.05, 4.69) is 27.2 Å². The van der Waals surface area contributed by atoms with E-state index < -0.39 is 33.2 Å². The van der Waals surface area contributed by atoms with Crippen LogP contribution in [-0.2, 0) is 21.9 Å². The largest absolute Gasteiger partial charge is 0.506 e. The van der Waals surface area contributed by atoms with Gasteiger partial charge < -0.3 is 15.6 Å². The Kier molecular flexibility index (Phi) is 11.8. The summed E-state index contributed by atoms with van der Waals surface area (Å²) >= 11 is 0.673. The van der Waals surface area contributed by atoms with Crippen LogP contribution in [0, 0.1) is 0 Å². The van der Waals surface area contributed by atoms with Crippen molar-refractivity contribution in [1.82, 2.24) is 20.2 Å². The van der Waals surface area contributed by atoms with Crippen molar-refractivity contribution >= 4 is 61.0 Å². The first-order chi connectivity index (χ1) is 22.4. The molecule has 16 heteroatoms. The van der Waals surface area contributed by atoms with E-state index in [1.165, 1.54) is 41.9 Å². The number of nitrogens with zero attached hydrogens (tertiary/aromatic N) is 5. The summed E-state index contributed by atoms with van der Waals surface area (Å²) in [7, 11) is -2.04. The molecule has 47 heavy (non-hydrogen) atoms. The zero-order valence-electron chi connectivity index (χ0n) is 26.2. The van der Waals surface area contributed by atoms with Gasteiger partial charge in [0, 0.05) is 41.0 Å². The second-order valence-electron chi connectivity index (χ2n) is 10.8. The lowest BCUT2D eigenvalue weighted by molar-refractivity contribution is -0.135. The second-order valence-corrected chi connectivity index (χ2v) is 13.6. The Labute approximate surface area is 276 Å². The Hall–Kier alpha value is -4.70. The third kappa shape index (κ3) is 8.98. The molecular weight excluding hydrogens is 647 g/mol. The summed E-state index contributed by atoms with van der Waals surface area (Å²) in [6, 6.07) is 12.4. The van der Waals surface area contributed by atoms with Gasteiger partial charge in [0.15, 0.2) is 0 Å². The van der Waals surface area contributed by atoms with Gasteiger partial charge in [0.05, 0.1) is 11.3 Å². The fraction of sp³-hybridized carbons (Fsp3) is 0.355. The van der Waals surface area contributed by atoms with Crippen molar-refractivity contribution in [2.75, 3.05) is 15.4 Å². The number of hydrogen-bond acceptors (Lipinski definition) is 11. The van der Waals surface area contributed by atoms with Gasteiger partial charge in [-0.05, 0) is 54.1 Å². The number of hydrogen-bond donors (Lipinski definition) is 3.